The Morgan fingerprint density at radius 2 is 1.97 bits per heavy atom. The number of aromatic nitrogens is 4. The lowest BCUT2D eigenvalue weighted by molar-refractivity contribution is -0.141. The van der Waals surface area contributed by atoms with Crippen molar-refractivity contribution in [3.05, 3.63) is 47.9 Å². The molecule has 0 saturated carbocycles. The first kappa shape index (κ1) is 24.4. The van der Waals surface area contributed by atoms with Gasteiger partial charge in [0.2, 0.25) is 12.7 Å². The number of rotatable bonds is 9. The number of nitrogens with zero attached hydrogens (tertiary/aromatic N) is 4. The van der Waals surface area contributed by atoms with Crippen LogP contribution in [-0.4, -0.2) is 45.6 Å². The highest BCUT2D eigenvalue weighted by Gasteiger charge is 2.38. The van der Waals surface area contributed by atoms with Gasteiger partial charge >= 0.3 is 6.18 Å². The van der Waals surface area contributed by atoms with Gasteiger partial charge in [0.05, 0.1) is 20.8 Å². The summed E-state index contributed by atoms with van der Waals surface area (Å²) in [6.45, 7) is -0.842. The van der Waals surface area contributed by atoms with Crippen LogP contribution in [0.4, 0.5) is 23.4 Å². The molecular weight excluding hydrogens is 498 g/mol. The number of anilines is 1. The van der Waals surface area contributed by atoms with Crippen molar-refractivity contribution < 1.29 is 40.8 Å². The second kappa shape index (κ2) is 9.87. The summed E-state index contributed by atoms with van der Waals surface area (Å²) in [6, 6.07) is 5.49. The molecule has 0 radical (unpaired) electrons. The number of fused-ring (bicyclic) bond motifs is 1. The van der Waals surface area contributed by atoms with Gasteiger partial charge in [0.15, 0.2) is 17.0 Å². The van der Waals surface area contributed by atoms with Crippen LogP contribution in [-0.2, 0) is 24.1 Å². The number of pyridine rings is 1. The summed E-state index contributed by atoms with van der Waals surface area (Å²) in [6.07, 6.45) is -1.46. The second-order valence-corrected chi connectivity index (χ2v) is 8.02. The lowest BCUT2D eigenvalue weighted by atomic mass is 10.1. The second-order valence-electron chi connectivity index (χ2n) is 6.87. The normalized spacial score (nSPS) is 12.5. The molecule has 0 fully saturated rings. The Kier molecular flexibility index (Phi) is 6.88. The van der Waals surface area contributed by atoms with E-state index in [9.17, 15) is 22.1 Å². The maximum atomic E-state index is 13.2. The van der Waals surface area contributed by atoms with Gasteiger partial charge in [0.25, 0.3) is 10.8 Å². The molecule has 0 aliphatic heterocycles. The predicted molar refractivity (Wildman–Crippen MR) is 114 cm³/mol. The topological polar surface area (TPSA) is 120 Å². The molecule has 0 aliphatic rings. The smallest absolute Gasteiger partial charge is 0.433 e. The molecule has 10 nitrogen and oxygen atoms in total. The molecule has 3 aromatic heterocycles. The van der Waals surface area contributed by atoms with Crippen molar-refractivity contribution in [3.8, 4) is 17.4 Å². The van der Waals surface area contributed by atoms with Gasteiger partial charge in [0, 0.05) is 18.5 Å². The molecule has 4 rings (SSSR count). The fourth-order valence-electron chi connectivity index (χ4n) is 3.24. The molecule has 186 valence electrons. The predicted octanol–water partition coefficient (Wildman–Crippen LogP) is 3.94. The zero-order valence-corrected chi connectivity index (χ0v) is 18.9. The number of alkyl halides is 4. The SMILES string of the molecule is COc1cc(C(F)(F)F)nc(OC)c1[S+]([O-])Nc1noc2cc(Cn3cccn3)cc(OCF)c12. The standard InChI is InChI=1S/C20H17F4N5O5S/c1-31-14-8-15(20(22,23)24)26-19(32-2)17(14)35(30)28-18-16-12(33-10-21)6-11(7-13(16)34-27-18)9-29-5-3-4-25-29/h3-8H,9-10H2,1-2H3,(H,27,28). The third-order valence-corrected chi connectivity index (χ3v) is 5.82. The van der Waals surface area contributed by atoms with E-state index in [0.717, 1.165) is 14.2 Å². The summed E-state index contributed by atoms with van der Waals surface area (Å²) in [4.78, 5) is 3.09. The quantitative estimate of drug-likeness (QED) is 0.261. The van der Waals surface area contributed by atoms with E-state index in [1.54, 1.807) is 29.2 Å². The summed E-state index contributed by atoms with van der Waals surface area (Å²) in [5.74, 6) is -1.03. The van der Waals surface area contributed by atoms with Crippen molar-refractivity contribution >= 4 is 28.1 Å². The van der Waals surface area contributed by atoms with Gasteiger partial charge in [-0.3, -0.25) is 4.68 Å². The van der Waals surface area contributed by atoms with Gasteiger partial charge in [-0.2, -0.15) is 23.0 Å². The maximum Gasteiger partial charge on any atom is 0.433 e. The van der Waals surface area contributed by atoms with E-state index >= 15 is 0 Å². The average molecular weight is 515 g/mol. The van der Waals surface area contributed by atoms with Crippen LogP contribution < -0.4 is 18.9 Å². The number of nitrogens with one attached hydrogen (secondary N) is 1. The van der Waals surface area contributed by atoms with Gasteiger partial charge in [-0.25, -0.2) is 9.37 Å². The fourth-order valence-corrected chi connectivity index (χ4v) is 4.27. The first-order valence-corrected chi connectivity index (χ1v) is 10.9. The summed E-state index contributed by atoms with van der Waals surface area (Å²) in [7, 11) is 2.18. The Bertz CT molecular complexity index is 1290. The minimum atomic E-state index is -4.79. The van der Waals surface area contributed by atoms with Gasteiger partial charge in [0.1, 0.15) is 22.5 Å². The van der Waals surface area contributed by atoms with Crippen LogP contribution in [0, 0.1) is 0 Å². The molecule has 3 heterocycles. The van der Waals surface area contributed by atoms with Gasteiger partial charge in [-0.05, 0) is 23.8 Å². The number of benzene rings is 1. The van der Waals surface area contributed by atoms with E-state index in [2.05, 4.69) is 20.0 Å². The lowest BCUT2D eigenvalue weighted by Gasteiger charge is -2.17. The van der Waals surface area contributed by atoms with Crippen molar-refractivity contribution in [1.29, 1.82) is 0 Å². The monoisotopic (exact) mass is 515 g/mol. The molecular formula is C20H17F4N5O5S. The number of ether oxygens (including phenoxy) is 3. The van der Waals surface area contributed by atoms with Crippen molar-refractivity contribution in [1.82, 2.24) is 19.9 Å². The van der Waals surface area contributed by atoms with E-state index < -0.39 is 36.0 Å². The third-order valence-electron chi connectivity index (χ3n) is 4.70. The molecule has 0 amide bonds. The van der Waals surface area contributed by atoms with E-state index in [4.69, 9.17) is 18.7 Å². The summed E-state index contributed by atoms with van der Waals surface area (Å²) in [5, 5.41) is 8.09. The Balaban J connectivity index is 1.71. The highest BCUT2D eigenvalue weighted by atomic mass is 32.2. The molecule has 0 aliphatic carbocycles. The molecule has 1 N–H and O–H groups in total. The molecule has 4 aromatic rings. The Morgan fingerprint density at radius 3 is 2.60 bits per heavy atom. The average Bonchev–Trinajstić information content (AvgIpc) is 3.47. The van der Waals surface area contributed by atoms with Crippen LogP contribution in [0.15, 0.2) is 46.1 Å². The molecule has 0 saturated heterocycles. The van der Waals surface area contributed by atoms with Crippen molar-refractivity contribution in [2.24, 2.45) is 0 Å². The number of halogens is 4. The van der Waals surface area contributed by atoms with Gasteiger partial charge in [-0.15, -0.1) is 0 Å². The highest BCUT2D eigenvalue weighted by Crippen LogP contribution is 2.40. The third kappa shape index (κ3) is 5.05. The van der Waals surface area contributed by atoms with Gasteiger partial charge < -0.3 is 23.3 Å². The van der Waals surface area contributed by atoms with Crippen molar-refractivity contribution in [2.45, 2.75) is 17.6 Å². The number of hydrogen-bond acceptors (Lipinski definition) is 9. The minimum absolute atomic E-state index is 0.0392. The van der Waals surface area contributed by atoms with Crippen LogP contribution in [0.1, 0.15) is 11.3 Å². The largest absolute Gasteiger partial charge is 0.588 e. The first-order valence-electron chi connectivity index (χ1n) is 9.72. The summed E-state index contributed by atoms with van der Waals surface area (Å²) >= 11 is -2.29. The molecule has 35 heavy (non-hydrogen) atoms. The number of methoxy groups -OCH3 is 2. The molecule has 1 atom stereocenters. The van der Waals surface area contributed by atoms with E-state index in [1.807, 2.05) is 0 Å². The van der Waals surface area contributed by atoms with E-state index in [1.165, 1.54) is 6.07 Å². The van der Waals surface area contributed by atoms with Crippen LogP contribution in [0.5, 0.6) is 17.4 Å². The minimum Gasteiger partial charge on any atom is -0.588 e. The Hall–Kier alpha value is -3.72. The molecule has 15 heteroatoms. The molecule has 0 bridgehead atoms. The first-order chi connectivity index (χ1) is 16.7. The summed E-state index contributed by atoms with van der Waals surface area (Å²) < 4.78 is 90.2. The fraction of sp³-hybridized carbons (Fsp3) is 0.250. The van der Waals surface area contributed by atoms with E-state index in [-0.39, 0.29) is 33.2 Å². The van der Waals surface area contributed by atoms with Crippen LogP contribution in [0.25, 0.3) is 11.0 Å². The molecule has 0 spiro atoms. The van der Waals surface area contributed by atoms with E-state index in [0.29, 0.717) is 18.2 Å². The van der Waals surface area contributed by atoms with Gasteiger partial charge in [-0.1, -0.05) is 5.16 Å². The van der Waals surface area contributed by atoms with Crippen LogP contribution in [0.3, 0.4) is 0 Å². The Labute approximate surface area is 198 Å². The zero-order chi connectivity index (χ0) is 25.2. The number of hydrogen-bond donors (Lipinski definition) is 1. The van der Waals surface area contributed by atoms with Crippen LogP contribution in [0.2, 0.25) is 0 Å². The van der Waals surface area contributed by atoms with Crippen LogP contribution >= 0.6 is 0 Å². The lowest BCUT2D eigenvalue weighted by Crippen LogP contribution is -2.18. The molecule has 1 aromatic carbocycles. The van der Waals surface area contributed by atoms with Crippen molar-refractivity contribution in [3.63, 3.8) is 0 Å². The summed E-state index contributed by atoms with van der Waals surface area (Å²) in [5.41, 5.74) is -0.451. The maximum absolute atomic E-state index is 13.2. The van der Waals surface area contributed by atoms with Crippen molar-refractivity contribution in [2.75, 3.05) is 25.8 Å². The highest BCUT2D eigenvalue weighted by molar-refractivity contribution is 7.93. The zero-order valence-electron chi connectivity index (χ0n) is 18.1. The Morgan fingerprint density at radius 1 is 1.17 bits per heavy atom. The molecule has 1 unspecified atom stereocenters.